The maximum absolute atomic E-state index is 13.6. The molecule has 36 heavy (non-hydrogen) atoms. The van der Waals surface area contributed by atoms with Crippen molar-refractivity contribution in [1.82, 2.24) is 19.9 Å². The number of anilines is 1. The third-order valence-corrected chi connectivity index (χ3v) is 7.00. The maximum atomic E-state index is 13.6. The van der Waals surface area contributed by atoms with E-state index in [1.807, 2.05) is 19.9 Å². The van der Waals surface area contributed by atoms with Gasteiger partial charge in [-0.25, -0.2) is 9.78 Å². The largest absolute Gasteiger partial charge is 0.472 e. The molecule has 2 aliphatic rings. The van der Waals surface area contributed by atoms with Gasteiger partial charge in [-0.05, 0) is 57.2 Å². The van der Waals surface area contributed by atoms with E-state index in [9.17, 15) is 14.7 Å². The number of fused-ring (bicyclic) bond motifs is 1. The van der Waals surface area contributed by atoms with Crippen molar-refractivity contribution in [1.29, 1.82) is 0 Å². The van der Waals surface area contributed by atoms with Gasteiger partial charge < -0.3 is 29.5 Å². The van der Waals surface area contributed by atoms with E-state index in [2.05, 4.69) is 21.5 Å². The molecule has 0 unspecified atom stereocenters. The Morgan fingerprint density at radius 3 is 2.81 bits per heavy atom. The van der Waals surface area contributed by atoms with Crippen molar-refractivity contribution in [2.75, 3.05) is 32.1 Å². The predicted molar refractivity (Wildman–Crippen MR) is 135 cm³/mol. The van der Waals surface area contributed by atoms with E-state index in [1.165, 1.54) is 10.5 Å². The summed E-state index contributed by atoms with van der Waals surface area (Å²) in [7, 11) is 1.69. The molecule has 0 spiro atoms. The first-order chi connectivity index (χ1) is 17.2. The predicted octanol–water partition coefficient (Wildman–Crippen LogP) is 3.64. The number of aromatic nitrogens is 2. The molecule has 0 bridgehead atoms. The Kier molecular flexibility index (Phi) is 7.63. The molecule has 194 valence electrons. The standard InChI is InChI=1S/C26H35N5O5/c1-15-12-31(16(2)14-32)25(33)21-10-20(19-8-6-7-9-19)11-27-24(21)35-22(15)13-30(5)26(34)28-23-17(3)29-36-18(23)4/h8,10-11,15-16,22,32H,6-7,9,12-14H2,1-5H3,(H,28,34)/t15-,16+,22-/m0/s1. The van der Waals surface area contributed by atoms with Crippen LogP contribution in [0.15, 0.2) is 22.9 Å². The number of hydrogen-bond donors (Lipinski definition) is 2. The molecule has 0 aromatic carbocycles. The number of amides is 3. The number of aryl methyl sites for hydroxylation is 2. The lowest BCUT2D eigenvalue weighted by Crippen LogP contribution is -2.50. The van der Waals surface area contributed by atoms with Crippen molar-refractivity contribution in [2.45, 2.75) is 59.1 Å². The lowest BCUT2D eigenvalue weighted by Gasteiger charge is -2.37. The van der Waals surface area contributed by atoms with Gasteiger partial charge in [-0.1, -0.05) is 18.2 Å². The van der Waals surface area contributed by atoms with Crippen LogP contribution in [0.5, 0.6) is 5.88 Å². The Balaban J connectivity index is 1.60. The molecule has 2 aromatic rings. The molecule has 0 saturated heterocycles. The van der Waals surface area contributed by atoms with Gasteiger partial charge in [0, 0.05) is 25.7 Å². The molecule has 3 atom stereocenters. The fraction of sp³-hybridized carbons (Fsp3) is 0.538. The monoisotopic (exact) mass is 497 g/mol. The van der Waals surface area contributed by atoms with Crippen molar-refractivity contribution in [3.05, 3.63) is 40.9 Å². The highest BCUT2D eigenvalue weighted by Crippen LogP contribution is 2.32. The Morgan fingerprint density at radius 1 is 1.39 bits per heavy atom. The van der Waals surface area contributed by atoms with Gasteiger partial charge in [-0.3, -0.25) is 4.79 Å². The second-order valence-corrected chi connectivity index (χ2v) is 9.83. The normalized spacial score (nSPS) is 20.7. The molecular formula is C26H35N5O5. The average molecular weight is 498 g/mol. The van der Waals surface area contributed by atoms with Crippen LogP contribution < -0.4 is 10.1 Å². The van der Waals surface area contributed by atoms with Gasteiger partial charge in [0.15, 0.2) is 5.76 Å². The Morgan fingerprint density at radius 2 is 2.17 bits per heavy atom. The fourth-order valence-corrected chi connectivity index (χ4v) is 4.65. The molecule has 2 N–H and O–H groups in total. The molecule has 0 radical (unpaired) electrons. The Labute approximate surface area is 211 Å². The number of aliphatic hydroxyl groups is 1. The lowest BCUT2D eigenvalue weighted by atomic mass is 9.99. The summed E-state index contributed by atoms with van der Waals surface area (Å²) in [6.07, 6.45) is 6.56. The molecule has 3 heterocycles. The summed E-state index contributed by atoms with van der Waals surface area (Å²) in [5.74, 6) is 0.426. The Bertz CT molecular complexity index is 1140. The molecule has 1 aliphatic heterocycles. The van der Waals surface area contributed by atoms with Gasteiger partial charge in [0.2, 0.25) is 5.88 Å². The van der Waals surface area contributed by atoms with Crippen LogP contribution in [-0.2, 0) is 0 Å². The zero-order chi connectivity index (χ0) is 26.0. The average Bonchev–Trinajstić information content (AvgIpc) is 3.51. The molecule has 2 aromatic heterocycles. The molecule has 4 rings (SSSR count). The first-order valence-corrected chi connectivity index (χ1v) is 12.4. The molecule has 10 heteroatoms. The molecule has 1 aliphatic carbocycles. The van der Waals surface area contributed by atoms with Gasteiger partial charge >= 0.3 is 6.03 Å². The molecule has 0 fully saturated rings. The van der Waals surface area contributed by atoms with Crippen molar-refractivity contribution >= 4 is 23.2 Å². The van der Waals surface area contributed by atoms with Crippen LogP contribution in [0.25, 0.3) is 5.57 Å². The second-order valence-electron chi connectivity index (χ2n) is 9.83. The van der Waals surface area contributed by atoms with Crippen LogP contribution in [-0.4, -0.2) is 75.9 Å². The van der Waals surface area contributed by atoms with Gasteiger partial charge in [0.1, 0.15) is 23.0 Å². The summed E-state index contributed by atoms with van der Waals surface area (Å²) in [5.41, 5.74) is 3.62. The van der Waals surface area contributed by atoms with E-state index in [0.717, 1.165) is 24.8 Å². The molecule has 3 amide bonds. The van der Waals surface area contributed by atoms with Crippen LogP contribution in [0.2, 0.25) is 0 Å². The van der Waals surface area contributed by atoms with Crippen LogP contribution in [0.3, 0.4) is 0 Å². The first kappa shape index (κ1) is 25.7. The van der Waals surface area contributed by atoms with E-state index < -0.39 is 6.10 Å². The van der Waals surface area contributed by atoms with Crippen molar-refractivity contribution in [2.24, 2.45) is 5.92 Å². The highest BCUT2D eigenvalue weighted by Gasteiger charge is 2.35. The third kappa shape index (κ3) is 5.23. The number of aliphatic hydroxyl groups excluding tert-OH is 1. The number of nitrogens with zero attached hydrogens (tertiary/aromatic N) is 4. The topological polar surface area (TPSA) is 121 Å². The van der Waals surface area contributed by atoms with Crippen molar-refractivity contribution < 1.29 is 24.0 Å². The van der Waals surface area contributed by atoms with E-state index in [1.54, 1.807) is 32.0 Å². The smallest absolute Gasteiger partial charge is 0.321 e. The minimum absolute atomic E-state index is 0.135. The highest BCUT2D eigenvalue weighted by atomic mass is 16.5. The number of allylic oxidation sites excluding steroid dienone is 2. The van der Waals surface area contributed by atoms with E-state index >= 15 is 0 Å². The number of pyridine rings is 1. The van der Waals surface area contributed by atoms with Crippen LogP contribution in [0.4, 0.5) is 10.5 Å². The van der Waals surface area contributed by atoms with Gasteiger partial charge in [0.25, 0.3) is 5.91 Å². The molecule has 10 nitrogen and oxygen atoms in total. The minimum atomic E-state index is -0.435. The number of urea groups is 1. The summed E-state index contributed by atoms with van der Waals surface area (Å²) >= 11 is 0. The summed E-state index contributed by atoms with van der Waals surface area (Å²) in [5, 5.41) is 16.6. The number of hydrogen-bond acceptors (Lipinski definition) is 7. The summed E-state index contributed by atoms with van der Waals surface area (Å²) in [6.45, 7) is 7.77. The SMILES string of the molecule is Cc1noc(C)c1NC(=O)N(C)C[C@@H]1Oc2ncc(C3=CCCC3)cc2C(=O)N([C@H](C)CO)C[C@@H]1C. The minimum Gasteiger partial charge on any atom is -0.472 e. The third-order valence-electron chi connectivity index (χ3n) is 7.00. The Hall–Kier alpha value is -3.40. The van der Waals surface area contributed by atoms with Crippen LogP contribution >= 0.6 is 0 Å². The van der Waals surface area contributed by atoms with Crippen LogP contribution in [0.1, 0.15) is 60.5 Å². The summed E-state index contributed by atoms with van der Waals surface area (Å²) in [4.78, 5) is 34.3. The van der Waals surface area contributed by atoms with Crippen molar-refractivity contribution in [3.8, 4) is 5.88 Å². The molecular weight excluding hydrogens is 462 g/mol. The number of rotatable bonds is 6. The summed E-state index contributed by atoms with van der Waals surface area (Å²) < 4.78 is 11.4. The van der Waals surface area contributed by atoms with Crippen LogP contribution in [0, 0.1) is 19.8 Å². The second kappa shape index (κ2) is 10.7. The molecule has 0 saturated carbocycles. The number of likely N-dealkylation sites (N-methyl/N-ethyl adjacent to an activating group) is 1. The number of nitrogens with one attached hydrogen (secondary N) is 1. The zero-order valence-corrected chi connectivity index (χ0v) is 21.6. The number of carbonyl (C=O) groups is 2. The first-order valence-electron chi connectivity index (χ1n) is 12.4. The number of carbonyl (C=O) groups excluding carboxylic acids is 2. The lowest BCUT2D eigenvalue weighted by molar-refractivity contribution is 0.0356. The number of ether oxygens (including phenoxy) is 1. The maximum Gasteiger partial charge on any atom is 0.321 e. The van der Waals surface area contributed by atoms with E-state index in [4.69, 9.17) is 9.26 Å². The van der Waals surface area contributed by atoms with E-state index in [-0.39, 0.29) is 42.9 Å². The summed E-state index contributed by atoms with van der Waals surface area (Å²) in [6, 6.07) is 1.15. The quantitative estimate of drug-likeness (QED) is 0.625. The van der Waals surface area contributed by atoms with Gasteiger partial charge in [-0.2, -0.15) is 0 Å². The van der Waals surface area contributed by atoms with Crippen molar-refractivity contribution in [3.63, 3.8) is 0 Å². The highest BCUT2D eigenvalue weighted by molar-refractivity contribution is 5.97. The zero-order valence-electron chi connectivity index (χ0n) is 21.6. The van der Waals surface area contributed by atoms with Gasteiger partial charge in [0.05, 0.1) is 19.2 Å². The van der Waals surface area contributed by atoms with Gasteiger partial charge in [-0.15, -0.1) is 0 Å². The fourth-order valence-electron chi connectivity index (χ4n) is 4.65. The van der Waals surface area contributed by atoms with E-state index in [0.29, 0.717) is 29.2 Å².